The van der Waals surface area contributed by atoms with Crippen LogP contribution in [0.4, 0.5) is 5.69 Å². The quantitative estimate of drug-likeness (QED) is 0.703. The molecule has 2 N–H and O–H groups in total. The van der Waals surface area contributed by atoms with E-state index in [2.05, 4.69) is 0 Å². The van der Waals surface area contributed by atoms with Gasteiger partial charge in [0.1, 0.15) is 0 Å². The van der Waals surface area contributed by atoms with Crippen LogP contribution in [-0.4, -0.2) is 24.7 Å². The number of anilines is 1. The molecule has 1 heterocycles. The molecular formula is C21H24N2O3. The van der Waals surface area contributed by atoms with E-state index in [0.717, 1.165) is 22.2 Å². The minimum Gasteiger partial charge on any atom is -0.493 e. The third-order valence-corrected chi connectivity index (χ3v) is 4.64. The Labute approximate surface area is 153 Å². The summed E-state index contributed by atoms with van der Waals surface area (Å²) in [7, 11) is 3.22. The molecule has 2 aromatic carbocycles. The van der Waals surface area contributed by atoms with Gasteiger partial charge in [-0.2, -0.15) is 0 Å². The van der Waals surface area contributed by atoms with Crippen LogP contribution in [0.1, 0.15) is 23.0 Å². The van der Waals surface area contributed by atoms with Gasteiger partial charge in [-0.15, -0.1) is 0 Å². The lowest BCUT2D eigenvalue weighted by Gasteiger charge is -2.15. The predicted molar refractivity (Wildman–Crippen MR) is 104 cm³/mol. The summed E-state index contributed by atoms with van der Waals surface area (Å²) < 4.78 is 12.4. The van der Waals surface area contributed by atoms with Crippen molar-refractivity contribution >= 4 is 22.5 Å². The zero-order valence-electron chi connectivity index (χ0n) is 15.6. The van der Waals surface area contributed by atoms with Gasteiger partial charge in [0.05, 0.1) is 19.7 Å². The third kappa shape index (κ3) is 3.25. The number of aromatic nitrogens is 1. The van der Waals surface area contributed by atoms with Gasteiger partial charge in [0.15, 0.2) is 11.5 Å². The number of carbonyl (C=O) groups is 1. The van der Waals surface area contributed by atoms with Crippen molar-refractivity contribution in [1.82, 2.24) is 4.57 Å². The van der Waals surface area contributed by atoms with Crippen LogP contribution >= 0.6 is 0 Å². The zero-order chi connectivity index (χ0) is 18.8. The normalized spacial score (nSPS) is 12.2. The molecule has 3 aromatic rings. The van der Waals surface area contributed by atoms with Gasteiger partial charge in [-0.1, -0.05) is 13.0 Å². The number of nitrogen functional groups attached to an aromatic ring is 1. The van der Waals surface area contributed by atoms with E-state index in [4.69, 9.17) is 15.2 Å². The summed E-state index contributed by atoms with van der Waals surface area (Å²) in [5, 5.41) is 0.981. The van der Waals surface area contributed by atoms with Crippen molar-refractivity contribution in [2.75, 3.05) is 20.0 Å². The minimum absolute atomic E-state index is 0.0667. The SMILES string of the molecule is COc1ccc(CC(C)C(=O)n2c(C)cc3cc(N)ccc32)cc1OC. The molecule has 1 aromatic heterocycles. The second-order valence-electron chi connectivity index (χ2n) is 6.57. The second kappa shape index (κ2) is 7.12. The number of hydrogen-bond donors (Lipinski definition) is 1. The third-order valence-electron chi connectivity index (χ3n) is 4.64. The van der Waals surface area contributed by atoms with E-state index < -0.39 is 0 Å². The molecule has 5 heteroatoms. The largest absolute Gasteiger partial charge is 0.493 e. The predicted octanol–water partition coefficient (Wildman–Crippen LogP) is 4.07. The van der Waals surface area contributed by atoms with Gasteiger partial charge in [-0.3, -0.25) is 9.36 Å². The first-order valence-electron chi connectivity index (χ1n) is 8.57. The van der Waals surface area contributed by atoms with E-state index in [9.17, 15) is 4.79 Å². The summed E-state index contributed by atoms with van der Waals surface area (Å²) >= 11 is 0. The highest BCUT2D eigenvalue weighted by molar-refractivity contribution is 5.95. The first-order chi connectivity index (χ1) is 12.4. The number of rotatable bonds is 5. The molecule has 3 rings (SSSR count). The van der Waals surface area contributed by atoms with Crippen LogP contribution in [0.3, 0.4) is 0 Å². The molecule has 26 heavy (non-hydrogen) atoms. The van der Waals surface area contributed by atoms with Gasteiger partial charge >= 0.3 is 0 Å². The molecule has 0 aliphatic heterocycles. The van der Waals surface area contributed by atoms with Crippen LogP contribution in [0, 0.1) is 12.8 Å². The van der Waals surface area contributed by atoms with Crippen LogP contribution in [0.5, 0.6) is 11.5 Å². The van der Waals surface area contributed by atoms with Crippen LogP contribution in [0.2, 0.25) is 0 Å². The summed E-state index contributed by atoms with van der Waals surface area (Å²) in [6.45, 7) is 3.89. The fourth-order valence-electron chi connectivity index (χ4n) is 3.33. The molecule has 5 nitrogen and oxygen atoms in total. The van der Waals surface area contributed by atoms with Gasteiger partial charge in [-0.25, -0.2) is 0 Å². The van der Waals surface area contributed by atoms with E-state index >= 15 is 0 Å². The average Bonchev–Trinajstić information content (AvgIpc) is 2.95. The number of carbonyl (C=O) groups excluding carboxylic acids is 1. The van der Waals surface area contributed by atoms with Gasteiger partial charge in [0.25, 0.3) is 0 Å². The lowest BCUT2D eigenvalue weighted by Crippen LogP contribution is -2.22. The monoisotopic (exact) mass is 352 g/mol. The molecular weight excluding hydrogens is 328 g/mol. The molecule has 0 spiro atoms. The Hall–Kier alpha value is -2.95. The average molecular weight is 352 g/mol. The smallest absolute Gasteiger partial charge is 0.234 e. The van der Waals surface area contributed by atoms with Crippen molar-refractivity contribution in [3.05, 3.63) is 53.7 Å². The summed E-state index contributed by atoms with van der Waals surface area (Å²) in [5.74, 6) is 1.24. The van der Waals surface area contributed by atoms with Crippen molar-refractivity contribution in [2.24, 2.45) is 5.92 Å². The molecule has 1 atom stereocenters. The molecule has 1 unspecified atom stereocenters. The standard InChI is InChI=1S/C21H24N2O3/c1-13(9-15-5-8-19(25-3)20(11-15)26-4)21(24)23-14(2)10-16-12-17(22)6-7-18(16)23/h5-8,10-13H,9,22H2,1-4H3. The number of methoxy groups -OCH3 is 2. The fourth-order valence-corrected chi connectivity index (χ4v) is 3.33. The molecule has 0 saturated carbocycles. The topological polar surface area (TPSA) is 66.5 Å². The maximum Gasteiger partial charge on any atom is 0.234 e. The number of benzene rings is 2. The molecule has 0 aliphatic rings. The number of fused-ring (bicyclic) bond motifs is 1. The van der Waals surface area contributed by atoms with E-state index in [-0.39, 0.29) is 11.8 Å². The number of aryl methyl sites for hydroxylation is 1. The van der Waals surface area contributed by atoms with Crippen LogP contribution in [0.15, 0.2) is 42.5 Å². The van der Waals surface area contributed by atoms with Gasteiger partial charge < -0.3 is 15.2 Å². The maximum absolute atomic E-state index is 13.1. The van der Waals surface area contributed by atoms with Crippen LogP contribution in [-0.2, 0) is 6.42 Å². The highest BCUT2D eigenvalue weighted by Crippen LogP contribution is 2.29. The fraction of sp³-hybridized carbons (Fsp3) is 0.286. The Balaban J connectivity index is 1.88. The Morgan fingerprint density at radius 3 is 2.50 bits per heavy atom. The van der Waals surface area contributed by atoms with Crippen molar-refractivity contribution < 1.29 is 14.3 Å². The number of ether oxygens (including phenoxy) is 2. The molecule has 0 bridgehead atoms. The Kier molecular flexibility index (Phi) is 4.89. The van der Waals surface area contributed by atoms with E-state index in [1.807, 2.05) is 56.3 Å². The molecule has 136 valence electrons. The molecule has 0 fully saturated rings. The number of nitrogens with zero attached hydrogens (tertiary/aromatic N) is 1. The summed E-state index contributed by atoms with van der Waals surface area (Å²) in [6, 6.07) is 13.4. The highest BCUT2D eigenvalue weighted by atomic mass is 16.5. The van der Waals surface area contributed by atoms with Gasteiger partial charge in [0.2, 0.25) is 5.91 Å². The highest BCUT2D eigenvalue weighted by Gasteiger charge is 2.20. The molecule has 0 saturated heterocycles. The minimum atomic E-state index is -0.181. The Morgan fingerprint density at radius 1 is 1.08 bits per heavy atom. The van der Waals surface area contributed by atoms with Crippen molar-refractivity contribution in [3.63, 3.8) is 0 Å². The molecule has 0 amide bonds. The zero-order valence-corrected chi connectivity index (χ0v) is 15.6. The van der Waals surface area contributed by atoms with Crippen molar-refractivity contribution in [1.29, 1.82) is 0 Å². The summed E-state index contributed by atoms with van der Waals surface area (Å²) in [5.41, 5.74) is 9.38. The first-order valence-corrected chi connectivity index (χ1v) is 8.57. The van der Waals surface area contributed by atoms with Gasteiger partial charge in [0, 0.05) is 22.7 Å². The summed E-state index contributed by atoms with van der Waals surface area (Å²) in [4.78, 5) is 13.1. The molecule has 0 radical (unpaired) electrons. The summed E-state index contributed by atoms with van der Waals surface area (Å²) in [6.07, 6.45) is 0.618. The first kappa shape index (κ1) is 17.9. The molecule has 0 aliphatic carbocycles. The Morgan fingerprint density at radius 2 is 1.81 bits per heavy atom. The lowest BCUT2D eigenvalue weighted by molar-refractivity contribution is 0.0848. The van der Waals surface area contributed by atoms with E-state index in [0.29, 0.717) is 23.6 Å². The van der Waals surface area contributed by atoms with E-state index in [1.165, 1.54) is 0 Å². The number of nitrogens with two attached hydrogens (primary N) is 1. The second-order valence-corrected chi connectivity index (χ2v) is 6.57. The van der Waals surface area contributed by atoms with Crippen molar-refractivity contribution in [3.8, 4) is 11.5 Å². The van der Waals surface area contributed by atoms with Gasteiger partial charge in [-0.05, 0) is 55.3 Å². The van der Waals surface area contributed by atoms with Crippen LogP contribution in [0.25, 0.3) is 10.9 Å². The Bertz CT molecular complexity index is 959. The number of hydrogen-bond acceptors (Lipinski definition) is 4. The maximum atomic E-state index is 13.1. The lowest BCUT2D eigenvalue weighted by atomic mass is 9.99. The van der Waals surface area contributed by atoms with E-state index in [1.54, 1.807) is 18.8 Å². The van der Waals surface area contributed by atoms with Crippen LogP contribution < -0.4 is 15.2 Å². The van der Waals surface area contributed by atoms with Crippen molar-refractivity contribution in [2.45, 2.75) is 20.3 Å².